The molecule has 0 bridgehead atoms. The number of nitrogens with zero attached hydrogens (tertiary/aromatic N) is 2. The molecule has 1 fully saturated rings. The normalized spacial score (nSPS) is 22.6. The van der Waals surface area contributed by atoms with Gasteiger partial charge in [-0.25, -0.2) is 14.0 Å². The van der Waals surface area contributed by atoms with Crippen molar-refractivity contribution in [2.24, 2.45) is 0 Å². The van der Waals surface area contributed by atoms with E-state index >= 15 is 0 Å². The Morgan fingerprint density at radius 3 is 2.45 bits per heavy atom. The van der Waals surface area contributed by atoms with Crippen LogP contribution in [0.1, 0.15) is 53.2 Å². The predicted molar refractivity (Wildman–Crippen MR) is 104 cm³/mol. The third kappa shape index (κ3) is 6.48. The zero-order valence-corrected chi connectivity index (χ0v) is 17.8. The van der Waals surface area contributed by atoms with Crippen LogP contribution in [0.4, 0.5) is 15.0 Å². The summed E-state index contributed by atoms with van der Waals surface area (Å²) in [4.78, 5) is 50.7. The monoisotopic (exact) mass is 443 g/mol. The van der Waals surface area contributed by atoms with E-state index in [1.165, 1.54) is 6.92 Å². The average molecular weight is 443 g/mol. The standard InChI is InChI=1S/C19H26FN3O8/c1-5-6-7-8-28-19(27)22-16-13(20)9-23(18(26)21-16)17-15(31-12(4)25)14(10(2)29-17)30-11(3)24/h9-10,14-15,17H,5-8H2,1-4H3,(H,21,22,26,27)/t10-,14?,15+,17-/m1/s1. The molecule has 1 amide bonds. The lowest BCUT2D eigenvalue weighted by Gasteiger charge is -2.23. The predicted octanol–water partition coefficient (Wildman–Crippen LogP) is 1.90. The second-order valence-electron chi connectivity index (χ2n) is 6.98. The minimum absolute atomic E-state index is 0.147. The molecular formula is C19H26FN3O8. The summed E-state index contributed by atoms with van der Waals surface area (Å²) in [5.41, 5.74) is -0.986. The lowest BCUT2D eigenvalue weighted by Crippen LogP contribution is -2.40. The topological polar surface area (TPSA) is 135 Å². The lowest BCUT2D eigenvalue weighted by atomic mass is 10.1. The second kappa shape index (κ2) is 10.8. The van der Waals surface area contributed by atoms with Crippen LogP contribution in [0.2, 0.25) is 0 Å². The van der Waals surface area contributed by atoms with Gasteiger partial charge in [0.25, 0.3) is 0 Å². The Hall–Kier alpha value is -3.02. The first-order valence-electron chi connectivity index (χ1n) is 9.86. The van der Waals surface area contributed by atoms with Crippen LogP contribution in [0, 0.1) is 5.82 Å². The Morgan fingerprint density at radius 2 is 1.84 bits per heavy atom. The summed E-state index contributed by atoms with van der Waals surface area (Å²) >= 11 is 0. The number of ether oxygens (including phenoxy) is 4. The van der Waals surface area contributed by atoms with Gasteiger partial charge >= 0.3 is 23.7 Å². The molecule has 0 aliphatic carbocycles. The Bertz CT molecular complexity index is 874. The third-order valence-electron chi connectivity index (χ3n) is 4.41. The van der Waals surface area contributed by atoms with Gasteiger partial charge in [0.2, 0.25) is 0 Å². The van der Waals surface area contributed by atoms with Crippen molar-refractivity contribution in [3.05, 3.63) is 22.5 Å². The molecule has 11 nitrogen and oxygen atoms in total. The number of nitrogens with one attached hydrogen (secondary N) is 1. The first kappa shape index (κ1) is 24.3. The molecule has 4 atom stereocenters. The largest absolute Gasteiger partial charge is 0.456 e. The number of anilines is 1. The molecule has 1 aliphatic rings. The van der Waals surface area contributed by atoms with E-state index in [1.54, 1.807) is 6.92 Å². The highest BCUT2D eigenvalue weighted by Gasteiger charge is 2.48. The number of hydrogen-bond donors (Lipinski definition) is 1. The zero-order chi connectivity index (χ0) is 23.1. The molecule has 1 unspecified atom stereocenters. The third-order valence-corrected chi connectivity index (χ3v) is 4.41. The molecule has 0 saturated carbocycles. The van der Waals surface area contributed by atoms with Crippen LogP contribution in [0.3, 0.4) is 0 Å². The minimum atomic E-state index is -1.30. The first-order valence-corrected chi connectivity index (χ1v) is 9.86. The molecule has 1 aliphatic heterocycles. The van der Waals surface area contributed by atoms with Crippen molar-refractivity contribution >= 4 is 23.8 Å². The Kier molecular flexibility index (Phi) is 8.48. The van der Waals surface area contributed by atoms with Crippen LogP contribution in [-0.2, 0) is 28.5 Å². The van der Waals surface area contributed by atoms with E-state index in [0.717, 1.165) is 30.5 Å². The van der Waals surface area contributed by atoms with Crippen molar-refractivity contribution < 1.29 is 37.7 Å². The van der Waals surface area contributed by atoms with Gasteiger partial charge in [-0.3, -0.25) is 19.5 Å². The number of carbonyl (C=O) groups is 3. The van der Waals surface area contributed by atoms with E-state index in [2.05, 4.69) is 10.3 Å². The second-order valence-corrected chi connectivity index (χ2v) is 6.98. The van der Waals surface area contributed by atoms with Gasteiger partial charge in [-0.05, 0) is 13.3 Å². The summed E-state index contributed by atoms with van der Waals surface area (Å²) in [6, 6.07) is 0. The number of hydrogen-bond acceptors (Lipinski definition) is 9. The van der Waals surface area contributed by atoms with Gasteiger partial charge < -0.3 is 18.9 Å². The molecule has 1 N–H and O–H groups in total. The van der Waals surface area contributed by atoms with Crippen LogP contribution in [0.5, 0.6) is 0 Å². The molecule has 172 valence electrons. The van der Waals surface area contributed by atoms with Crippen LogP contribution in [-0.4, -0.2) is 52.5 Å². The number of carbonyl (C=O) groups excluding carboxylic acids is 3. The van der Waals surface area contributed by atoms with E-state index < -0.39 is 59.9 Å². The van der Waals surface area contributed by atoms with Crippen LogP contribution in [0.15, 0.2) is 11.0 Å². The summed E-state index contributed by atoms with van der Waals surface area (Å²) in [6.07, 6.45) is -2.02. The molecule has 2 heterocycles. The van der Waals surface area contributed by atoms with Crippen LogP contribution in [0.25, 0.3) is 0 Å². The number of aromatic nitrogens is 2. The van der Waals surface area contributed by atoms with Crippen molar-refractivity contribution in [1.29, 1.82) is 0 Å². The van der Waals surface area contributed by atoms with Gasteiger partial charge in [0.1, 0.15) is 0 Å². The van der Waals surface area contributed by atoms with Gasteiger partial charge in [-0.1, -0.05) is 19.8 Å². The number of rotatable bonds is 8. The highest BCUT2D eigenvalue weighted by Crippen LogP contribution is 2.33. The maximum Gasteiger partial charge on any atom is 0.412 e. The molecule has 0 aromatic carbocycles. The molecule has 1 aromatic rings. The van der Waals surface area contributed by atoms with Gasteiger partial charge in [0.05, 0.1) is 18.9 Å². The lowest BCUT2D eigenvalue weighted by molar-refractivity contribution is -0.165. The molecule has 1 saturated heterocycles. The van der Waals surface area contributed by atoms with E-state index in [1.807, 2.05) is 6.92 Å². The molecule has 12 heteroatoms. The summed E-state index contributed by atoms with van der Waals surface area (Å²) < 4.78 is 36.1. The van der Waals surface area contributed by atoms with Crippen molar-refractivity contribution in [3.8, 4) is 0 Å². The highest BCUT2D eigenvalue weighted by molar-refractivity contribution is 5.83. The molecule has 0 spiro atoms. The molecule has 2 rings (SSSR count). The Morgan fingerprint density at radius 1 is 1.19 bits per heavy atom. The van der Waals surface area contributed by atoms with E-state index in [0.29, 0.717) is 6.42 Å². The zero-order valence-electron chi connectivity index (χ0n) is 17.8. The quantitative estimate of drug-likeness (QED) is 0.363. The van der Waals surface area contributed by atoms with Crippen molar-refractivity contribution in [3.63, 3.8) is 0 Å². The summed E-state index contributed by atoms with van der Waals surface area (Å²) in [5.74, 6) is -3.02. The highest BCUT2D eigenvalue weighted by atomic mass is 19.1. The summed E-state index contributed by atoms with van der Waals surface area (Å²) in [5, 5.41) is 2.08. The van der Waals surface area contributed by atoms with E-state index in [9.17, 15) is 23.6 Å². The van der Waals surface area contributed by atoms with Crippen molar-refractivity contribution in [2.45, 2.75) is 71.5 Å². The summed E-state index contributed by atoms with van der Waals surface area (Å²) in [7, 11) is 0. The summed E-state index contributed by atoms with van der Waals surface area (Å²) in [6.45, 7) is 5.98. The maximum atomic E-state index is 14.5. The molecule has 31 heavy (non-hydrogen) atoms. The van der Waals surface area contributed by atoms with E-state index in [-0.39, 0.29) is 6.61 Å². The molecule has 0 radical (unpaired) electrons. The van der Waals surface area contributed by atoms with Crippen molar-refractivity contribution in [2.75, 3.05) is 11.9 Å². The number of halogens is 1. The smallest absolute Gasteiger partial charge is 0.412 e. The van der Waals surface area contributed by atoms with Crippen LogP contribution >= 0.6 is 0 Å². The van der Waals surface area contributed by atoms with Gasteiger partial charge in [-0.2, -0.15) is 4.98 Å². The molecular weight excluding hydrogens is 417 g/mol. The molecule has 1 aromatic heterocycles. The Balaban J connectivity index is 2.22. The number of unbranched alkanes of at least 4 members (excludes halogenated alkanes) is 2. The van der Waals surface area contributed by atoms with E-state index in [4.69, 9.17) is 18.9 Å². The average Bonchev–Trinajstić information content (AvgIpc) is 2.96. The van der Waals surface area contributed by atoms with Gasteiger partial charge in [0, 0.05) is 13.8 Å². The Labute approximate surface area is 177 Å². The maximum absolute atomic E-state index is 14.5. The first-order chi connectivity index (χ1) is 14.6. The fourth-order valence-electron chi connectivity index (χ4n) is 3.06. The minimum Gasteiger partial charge on any atom is -0.456 e. The number of amides is 1. The fraction of sp³-hybridized carbons (Fsp3) is 0.632. The fourth-order valence-corrected chi connectivity index (χ4v) is 3.06. The van der Waals surface area contributed by atoms with Crippen LogP contribution < -0.4 is 11.0 Å². The SMILES string of the molecule is CCCCCOC(=O)Nc1nc(=O)n([C@@H]2O[C@H](C)C(OC(C)=O)[C@@H]2OC(C)=O)cc1F. The van der Waals surface area contributed by atoms with Gasteiger partial charge in [-0.15, -0.1) is 0 Å². The van der Waals surface area contributed by atoms with Gasteiger partial charge in [0.15, 0.2) is 30.1 Å². The van der Waals surface area contributed by atoms with Crippen molar-refractivity contribution in [1.82, 2.24) is 9.55 Å². The number of esters is 2.